The summed E-state index contributed by atoms with van der Waals surface area (Å²) in [7, 11) is 1.71. The molecule has 0 aliphatic rings. The van der Waals surface area contributed by atoms with Gasteiger partial charge in [0, 0.05) is 30.2 Å². The average Bonchev–Trinajstić information content (AvgIpc) is 2.67. The van der Waals surface area contributed by atoms with Crippen LogP contribution >= 0.6 is 0 Å². The quantitative estimate of drug-likeness (QED) is 0.881. The molecule has 0 fully saturated rings. The van der Waals surface area contributed by atoms with Crippen molar-refractivity contribution in [3.8, 4) is 5.75 Å². The summed E-state index contributed by atoms with van der Waals surface area (Å²) in [6.45, 7) is 5.27. The van der Waals surface area contributed by atoms with Crippen LogP contribution < -0.4 is 10.5 Å². The van der Waals surface area contributed by atoms with E-state index in [-0.39, 0.29) is 6.04 Å². The van der Waals surface area contributed by atoms with E-state index in [0.29, 0.717) is 0 Å². The van der Waals surface area contributed by atoms with Crippen LogP contribution in [0.3, 0.4) is 0 Å². The normalized spacial score (nSPS) is 12.9. The molecule has 0 saturated carbocycles. The molecule has 3 heteroatoms. The molecule has 1 aromatic heterocycles. The average molecular weight is 246 g/mol. The minimum Gasteiger partial charge on any atom is -0.497 e. The van der Waals surface area contributed by atoms with Gasteiger partial charge in [0.2, 0.25) is 0 Å². The van der Waals surface area contributed by atoms with Crippen LogP contribution in [0.1, 0.15) is 25.8 Å². The molecule has 0 unspecified atom stereocenters. The molecule has 0 aliphatic carbocycles. The number of aryl methyl sites for hydroxylation is 1. The molecule has 0 bridgehead atoms. The molecular weight excluding hydrogens is 224 g/mol. The molecule has 3 nitrogen and oxygen atoms in total. The van der Waals surface area contributed by atoms with Gasteiger partial charge in [-0.15, -0.1) is 0 Å². The van der Waals surface area contributed by atoms with E-state index in [2.05, 4.69) is 29.8 Å². The Morgan fingerprint density at radius 2 is 2.17 bits per heavy atom. The van der Waals surface area contributed by atoms with Crippen molar-refractivity contribution >= 4 is 10.9 Å². The van der Waals surface area contributed by atoms with Crippen molar-refractivity contribution in [2.24, 2.45) is 5.73 Å². The zero-order valence-electron chi connectivity index (χ0n) is 11.4. The molecule has 2 aromatic rings. The van der Waals surface area contributed by atoms with Crippen LogP contribution in [0, 0.1) is 0 Å². The van der Waals surface area contributed by atoms with Crippen LogP contribution in [0.25, 0.3) is 10.9 Å². The first kappa shape index (κ1) is 13.0. The van der Waals surface area contributed by atoms with Gasteiger partial charge >= 0.3 is 0 Å². The Morgan fingerprint density at radius 3 is 2.78 bits per heavy atom. The predicted molar refractivity (Wildman–Crippen MR) is 76.1 cm³/mol. The second-order valence-corrected chi connectivity index (χ2v) is 4.91. The third-order valence-corrected chi connectivity index (χ3v) is 3.18. The summed E-state index contributed by atoms with van der Waals surface area (Å²) in [4.78, 5) is 0. The zero-order valence-corrected chi connectivity index (χ0v) is 11.4. The van der Waals surface area contributed by atoms with Gasteiger partial charge in [0.15, 0.2) is 0 Å². The second-order valence-electron chi connectivity index (χ2n) is 4.91. The smallest absolute Gasteiger partial charge is 0.120 e. The largest absolute Gasteiger partial charge is 0.497 e. The van der Waals surface area contributed by atoms with E-state index in [1.165, 1.54) is 16.5 Å². The third kappa shape index (κ3) is 2.51. The fraction of sp³-hybridized carbons (Fsp3) is 0.467. The summed E-state index contributed by atoms with van der Waals surface area (Å²) in [5, 5.41) is 1.29. The van der Waals surface area contributed by atoms with E-state index < -0.39 is 0 Å². The molecule has 0 radical (unpaired) electrons. The lowest BCUT2D eigenvalue weighted by Crippen LogP contribution is -2.17. The molecule has 1 atom stereocenters. The van der Waals surface area contributed by atoms with E-state index in [0.717, 1.165) is 25.1 Å². The summed E-state index contributed by atoms with van der Waals surface area (Å²) >= 11 is 0. The minimum atomic E-state index is 0.188. The zero-order chi connectivity index (χ0) is 13.1. The third-order valence-electron chi connectivity index (χ3n) is 3.18. The van der Waals surface area contributed by atoms with E-state index in [1.807, 2.05) is 13.0 Å². The van der Waals surface area contributed by atoms with E-state index in [4.69, 9.17) is 10.5 Å². The van der Waals surface area contributed by atoms with Gasteiger partial charge in [0.25, 0.3) is 0 Å². The lowest BCUT2D eigenvalue weighted by atomic mass is 10.1. The standard InChI is InChI=1S/C15H22N2O/c1-4-7-17-10-12(8-11(2)16)14-6-5-13(18-3)9-15(14)17/h5-6,9-11H,4,7-8,16H2,1-3H3/t11-/m1/s1. The summed E-state index contributed by atoms with van der Waals surface area (Å²) < 4.78 is 7.61. The molecule has 2 rings (SSSR count). The van der Waals surface area contributed by atoms with Crippen molar-refractivity contribution in [2.75, 3.05) is 7.11 Å². The topological polar surface area (TPSA) is 40.2 Å². The van der Waals surface area contributed by atoms with Crippen LogP contribution in [-0.2, 0) is 13.0 Å². The Morgan fingerprint density at radius 1 is 1.39 bits per heavy atom. The second kappa shape index (κ2) is 5.44. The van der Waals surface area contributed by atoms with Crippen LogP contribution in [0.15, 0.2) is 24.4 Å². The fourth-order valence-corrected chi connectivity index (χ4v) is 2.41. The number of hydrogen-bond donors (Lipinski definition) is 1. The van der Waals surface area contributed by atoms with Crippen LogP contribution in [-0.4, -0.2) is 17.7 Å². The number of hydrogen-bond acceptors (Lipinski definition) is 2. The van der Waals surface area contributed by atoms with Gasteiger partial charge in [-0.3, -0.25) is 0 Å². The maximum atomic E-state index is 5.92. The molecule has 1 aromatic carbocycles. The van der Waals surface area contributed by atoms with Gasteiger partial charge in [-0.1, -0.05) is 6.92 Å². The lowest BCUT2D eigenvalue weighted by molar-refractivity contribution is 0.415. The number of nitrogens with zero attached hydrogens (tertiary/aromatic N) is 1. The number of rotatable bonds is 5. The highest BCUT2D eigenvalue weighted by atomic mass is 16.5. The van der Waals surface area contributed by atoms with Crippen LogP contribution in [0.5, 0.6) is 5.75 Å². The van der Waals surface area contributed by atoms with Crippen molar-refractivity contribution in [3.63, 3.8) is 0 Å². The maximum absolute atomic E-state index is 5.92. The number of aromatic nitrogens is 1. The van der Waals surface area contributed by atoms with E-state index >= 15 is 0 Å². The molecule has 1 heterocycles. The summed E-state index contributed by atoms with van der Waals surface area (Å²) in [6, 6.07) is 6.45. The van der Waals surface area contributed by atoms with Gasteiger partial charge in [-0.25, -0.2) is 0 Å². The van der Waals surface area contributed by atoms with Gasteiger partial charge < -0.3 is 15.0 Å². The maximum Gasteiger partial charge on any atom is 0.120 e. The number of methoxy groups -OCH3 is 1. The SMILES string of the molecule is CCCn1cc(C[C@@H](C)N)c2ccc(OC)cc21. The first-order valence-electron chi connectivity index (χ1n) is 6.57. The molecule has 98 valence electrons. The van der Waals surface area contributed by atoms with Crippen molar-refractivity contribution < 1.29 is 4.74 Å². The molecular formula is C15H22N2O. The molecule has 0 aliphatic heterocycles. The Kier molecular flexibility index (Phi) is 3.92. The first-order valence-corrected chi connectivity index (χ1v) is 6.57. The summed E-state index contributed by atoms with van der Waals surface area (Å²) in [5.74, 6) is 0.908. The van der Waals surface area contributed by atoms with Crippen molar-refractivity contribution in [1.82, 2.24) is 4.57 Å². The van der Waals surface area contributed by atoms with Gasteiger partial charge in [-0.05, 0) is 37.5 Å². The highest BCUT2D eigenvalue weighted by Crippen LogP contribution is 2.26. The lowest BCUT2D eigenvalue weighted by Gasteiger charge is -2.04. The molecule has 18 heavy (non-hydrogen) atoms. The van der Waals surface area contributed by atoms with Crippen molar-refractivity contribution in [3.05, 3.63) is 30.0 Å². The van der Waals surface area contributed by atoms with Crippen molar-refractivity contribution in [1.29, 1.82) is 0 Å². The highest BCUT2D eigenvalue weighted by Gasteiger charge is 2.10. The first-order chi connectivity index (χ1) is 8.65. The Labute approximate surface area is 109 Å². The van der Waals surface area contributed by atoms with Gasteiger partial charge in [-0.2, -0.15) is 0 Å². The van der Waals surface area contributed by atoms with Gasteiger partial charge in [0.05, 0.1) is 12.6 Å². The van der Waals surface area contributed by atoms with Gasteiger partial charge in [0.1, 0.15) is 5.75 Å². The Balaban J connectivity index is 2.52. The number of ether oxygens (including phenoxy) is 1. The monoisotopic (exact) mass is 246 g/mol. The summed E-state index contributed by atoms with van der Waals surface area (Å²) in [5.41, 5.74) is 8.49. The van der Waals surface area contributed by atoms with E-state index in [1.54, 1.807) is 7.11 Å². The molecule has 0 spiro atoms. The predicted octanol–water partition coefficient (Wildman–Crippen LogP) is 2.95. The summed E-state index contributed by atoms with van der Waals surface area (Å²) in [6.07, 6.45) is 4.27. The molecule has 2 N–H and O–H groups in total. The highest BCUT2D eigenvalue weighted by molar-refractivity contribution is 5.85. The number of fused-ring (bicyclic) bond motifs is 1. The number of nitrogens with two attached hydrogens (primary N) is 1. The number of benzene rings is 1. The Hall–Kier alpha value is -1.48. The minimum absolute atomic E-state index is 0.188. The van der Waals surface area contributed by atoms with Crippen molar-refractivity contribution in [2.45, 2.75) is 39.3 Å². The fourth-order valence-electron chi connectivity index (χ4n) is 2.41. The van der Waals surface area contributed by atoms with Crippen LogP contribution in [0.2, 0.25) is 0 Å². The molecule has 0 amide bonds. The Bertz CT molecular complexity index is 529. The van der Waals surface area contributed by atoms with E-state index in [9.17, 15) is 0 Å². The molecule has 0 saturated heterocycles. The van der Waals surface area contributed by atoms with Crippen LogP contribution in [0.4, 0.5) is 0 Å².